The molecule has 0 atom stereocenters. The normalized spacial score (nSPS) is 11.8. The van der Waals surface area contributed by atoms with E-state index in [0.717, 1.165) is 25.5 Å². The Morgan fingerprint density at radius 2 is 2.15 bits per heavy atom. The van der Waals surface area contributed by atoms with Crippen LogP contribution in [0.5, 0.6) is 5.75 Å². The van der Waals surface area contributed by atoms with Crippen LogP contribution in [0, 0.1) is 0 Å². The van der Waals surface area contributed by atoms with Gasteiger partial charge in [-0.2, -0.15) is 0 Å². The minimum absolute atomic E-state index is 0.339. The predicted molar refractivity (Wildman–Crippen MR) is 85.5 cm³/mol. The maximum absolute atomic E-state index is 11.1. The van der Waals surface area contributed by atoms with Crippen LogP contribution in [-0.2, 0) is 4.74 Å². The molecule has 106 valence electrons. The van der Waals surface area contributed by atoms with Crippen LogP contribution in [0.4, 0.5) is 0 Å². The van der Waals surface area contributed by atoms with E-state index in [0.29, 0.717) is 33.6 Å². The van der Waals surface area contributed by atoms with Gasteiger partial charge in [-0.25, -0.2) is 0 Å². The average molecular weight is 337 g/mol. The van der Waals surface area contributed by atoms with E-state index >= 15 is 0 Å². The molecule has 1 aromatic rings. The molecule has 5 heteroatoms. The lowest BCUT2D eigenvalue weighted by Gasteiger charge is -2.13. The molecule has 1 rings (SSSR count). The Hall–Kier alpha value is -1.23. The largest absolute Gasteiger partial charge is 0.496 e. The molecule has 0 unspecified atom stereocenters. The lowest BCUT2D eigenvalue weighted by atomic mass is 10.0. The van der Waals surface area contributed by atoms with Crippen molar-refractivity contribution >= 4 is 35.8 Å². The summed E-state index contributed by atoms with van der Waals surface area (Å²) in [6, 6.07) is 5.24. The van der Waals surface area contributed by atoms with Crippen molar-refractivity contribution in [1.82, 2.24) is 0 Å². The zero-order valence-corrected chi connectivity index (χ0v) is 13.4. The van der Waals surface area contributed by atoms with Gasteiger partial charge in [0.05, 0.1) is 13.7 Å². The first kappa shape index (κ1) is 16.8. The molecule has 0 aliphatic heterocycles. The van der Waals surface area contributed by atoms with E-state index in [1.165, 1.54) is 7.11 Å². The van der Waals surface area contributed by atoms with Gasteiger partial charge in [-0.1, -0.05) is 35.7 Å². The molecule has 2 radical (unpaired) electrons. The molecule has 1 aromatic carbocycles. The lowest BCUT2D eigenvalue weighted by molar-refractivity contribution is 0.112. The molecule has 0 amide bonds. The Kier molecular flexibility index (Phi) is 7.45. The third-order valence-corrected chi connectivity index (χ3v) is 3.19. The Morgan fingerprint density at radius 1 is 1.40 bits per heavy atom. The Morgan fingerprint density at radius 3 is 2.70 bits per heavy atom. The second kappa shape index (κ2) is 8.85. The molecule has 0 aliphatic rings. The predicted octanol–water partition coefficient (Wildman–Crippen LogP) is 3.90. The standard InChI is InChI=1S/C15H18BBrO3/c1-3-4-5-8-20-12-7-6-11(10-18)13(9-12)14(19-2)15(16)17/h6-7,9-10H,3-5,8H2,1-2H3/b15-14+. The molecule has 0 aromatic heterocycles. The van der Waals surface area contributed by atoms with E-state index in [9.17, 15) is 4.79 Å². The first-order chi connectivity index (χ1) is 9.63. The van der Waals surface area contributed by atoms with Crippen LogP contribution < -0.4 is 4.74 Å². The van der Waals surface area contributed by atoms with Gasteiger partial charge in [0.15, 0.2) is 6.29 Å². The molecule has 0 spiro atoms. The van der Waals surface area contributed by atoms with Crippen molar-refractivity contribution in [3.63, 3.8) is 0 Å². The van der Waals surface area contributed by atoms with Crippen molar-refractivity contribution < 1.29 is 14.3 Å². The lowest BCUT2D eigenvalue weighted by Crippen LogP contribution is -2.01. The monoisotopic (exact) mass is 336 g/mol. The summed E-state index contributed by atoms with van der Waals surface area (Å²) in [7, 11) is 7.21. The third-order valence-electron chi connectivity index (χ3n) is 2.83. The highest BCUT2D eigenvalue weighted by atomic mass is 79.9. The van der Waals surface area contributed by atoms with Gasteiger partial charge >= 0.3 is 0 Å². The van der Waals surface area contributed by atoms with Crippen LogP contribution in [0.25, 0.3) is 5.76 Å². The number of unbranched alkanes of at least 4 members (excludes halogenated alkanes) is 2. The molecule has 3 nitrogen and oxygen atoms in total. The van der Waals surface area contributed by atoms with E-state index < -0.39 is 0 Å². The quantitative estimate of drug-likeness (QED) is 0.312. The molecule has 0 N–H and O–H groups in total. The number of ether oxygens (including phenoxy) is 2. The van der Waals surface area contributed by atoms with Gasteiger partial charge in [-0.05, 0) is 29.0 Å². The summed E-state index contributed by atoms with van der Waals surface area (Å²) >= 11 is 3.17. The molecule has 0 aliphatic carbocycles. The van der Waals surface area contributed by atoms with Crippen LogP contribution in [0.15, 0.2) is 22.6 Å². The second-order valence-electron chi connectivity index (χ2n) is 4.30. The summed E-state index contributed by atoms with van der Waals surface area (Å²) in [4.78, 5) is 11.1. The Balaban J connectivity index is 2.97. The first-order valence-electron chi connectivity index (χ1n) is 6.55. The Labute approximate surface area is 129 Å². The summed E-state index contributed by atoms with van der Waals surface area (Å²) in [5.41, 5.74) is 1.12. The highest BCUT2D eigenvalue weighted by molar-refractivity contribution is 9.12. The number of rotatable bonds is 8. The number of hydrogen-bond acceptors (Lipinski definition) is 3. The van der Waals surface area contributed by atoms with E-state index in [2.05, 4.69) is 22.9 Å². The Bertz CT molecular complexity index is 482. The van der Waals surface area contributed by atoms with Gasteiger partial charge in [-0.15, -0.1) is 0 Å². The minimum Gasteiger partial charge on any atom is -0.496 e. The minimum atomic E-state index is 0.339. The van der Waals surface area contributed by atoms with E-state index in [4.69, 9.17) is 17.3 Å². The van der Waals surface area contributed by atoms with Gasteiger partial charge in [0.1, 0.15) is 19.4 Å². The molecular weight excluding hydrogens is 319 g/mol. The van der Waals surface area contributed by atoms with E-state index in [1.54, 1.807) is 18.2 Å². The average Bonchev–Trinajstić information content (AvgIpc) is 2.44. The summed E-state index contributed by atoms with van der Waals surface area (Å²) in [6.07, 6.45) is 4.06. The second-order valence-corrected chi connectivity index (χ2v) is 5.16. The maximum Gasteiger partial charge on any atom is 0.150 e. The van der Waals surface area contributed by atoms with Crippen LogP contribution in [0.1, 0.15) is 42.1 Å². The summed E-state index contributed by atoms with van der Waals surface area (Å²) in [5.74, 6) is 1.12. The molecule has 0 fully saturated rings. The number of carbonyl (C=O) groups excluding carboxylic acids is 1. The number of aldehydes is 1. The van der Waals surface area contributed by atoms with Crippen molar-refractivity contribution in [2.45, 2.75) is 26.2 Å². The van der Waals surface area contributed by atoms with Crippen molar-refractivity contribution in [1.29, 1.82) is 0 Å². The van der Waals surface area contributed by atoms with Gasteiger partial charge in [0, 0.05) is 11.1 Å². The van der Waals surface area contributed by atoms with E-state index in [1.807, 2.05) is 0 Å². The van der Waals surface area contributed by atoms with Crippen molar-refractivity contribution in [2.75, 3.05) is 13.7 Å². The fourth-order valence-corrected chi connectivity index (χ4v) is 2.18. The molecular formula is C15H18BBrO3. The molecule has 0 saturated heterocycles. The smallest absolute Gasteiger partial charge is 0.150 e. The number of methoxy groups -OCH3 is 1. The highest BCUT2D eigenvalue weighted by Crippen LogP contribution is 2.27. The topological polar surface area (TPSA) is 35.5 Å². The number of benzene rings is 1. The van der Waals surface area contributed by atoms with Crippen LogP contribution >= 0.6 is 15.9 Å². The fraction of sp³-hybridized carbons (Fsp3) is 0.400. The molecule has 0 saturated carbocycles. The van der Waals surface area contributed by atoms with E-state index in [-0.39, 0.29) is 0 Å². The molecule has 20 heavy (non-hydrogen) atoms. The molecule has 0 bridgehead atoms. The number of halogens is 1. The van der Waals surface area contributed by atoms with Crippen LogP contribution in [0.3, 0.4) is 0 Å². The van der Waals surface area contributed by atoms with Crippen molar-refractivity contribution in [2.24, 2.45) is 0 Å². The fourth-order valence-electron chi connectivity index (χ4n) is 1.80. The zero-order valence-electron chi connectivity index (χ0n) is 11.8. The summed E-state index contributed by atoms with van der Waals surface area (Å²) in [6.45, 7) is 2.80. The van der Waals surface area contributed by atoms with Gasteiger partial charge in [0.2, 0.25) is 0 Å². The highest BCUT2D eigenvalue weighted by Gasteiger charge is 2.11. The zero-order chi connectivity index (χ0) is 15.0. The summed E-state index contributed by atoms with van der Waals surface area (Å²) in [5, 5.41) is 0. The first-order valence-corrected chi connectivity index (χ1v) is 7.35. The van der Waals surface area contributed by atoms with Gasteiger partial charge in [-0.3, -0.25) is 4.79 Å². The number of hydrogen-bond donors (Lipinski definition) is 0. The number of carbonyl (C=O) groups is 1. The van der Waals surface area contributed by atoms with Crippen LogP contribution in [-0.4, -0.2) is 27.8 Å². The van der Waals surface area contributed by atoms with Crippen molar-refractivity contribution in [3.8, 4) is 5.75 Å². The van der Waals surface area contributed by atoms with Gasteiger partial charge in [0.25, 0.3) is 0 Å². The molecule has 0 heterocycles. The van der Waals surface area contributed by atoms with Gasteiger partial charge < -0.3 is 9.47 Å². The maximum atomic E-state index is 11.1. The summed E-state index contributed by atoms with van der Waals surface area (Å²) < 4.78 is 11.2. The van der Waals surface area contributed by atoms with Crippen molar-refractivity contribution in [3.05, 3.63) is 33.7 Å². The third kappa shape index (κ3) is 4.71. The van der Waals surface area contributed by atoms with Crippen LogP contribution in [0.2, 0.25) is 0 Å². The SMILES string of the molecule is [B]/C(Br)=C(\OC)c1cc(OCCCCC)ccc1C=O.